The minimum atomic E-state index is 0.120. The lowest BCUT2D eigenvalue weighted by Crippen LogP contribution is -2.12. The average Bonchev–Trinajstić information content (AvgIpc) is 2.71. The smallest absolute Gasteiger partial charge is 0.0681 e. The number of benzene rings is 2. The molecule has 0 bridgehead atoms. The summed E-state index contributed by atoms with van der Waals surface area (Å²) in [6.45, 7) is 4.75. The van der Waals surface area contributed by atoms with Crippen LogP contribution in [0.2, 0.25) is 0 Å². The van der Waals surface area contributed by atoms with E-state index < -0.39 is 0 Å². The quantitative estimate of drug-likeness (QED) is 0.856. The van der Waals surface area contributed by atoms with Gasteiger partial charge >= 0.3 is 0 Å². The van der Waals surface area contributed by atoms with E-state index in [0.29, 0.717) is 5.92 Å². The van der Waals surface area contributed by atoms with Gasteiger partial charge in [0.15, 0.2) is 0 Å². The number of aliphatic hydroxyl groups is 1. The Morgan fingerprint density at radius 1 is 1.11 bits per heavy atom. The fourth-order valence-electron chi connectivity index (χ4n) is 3.33. The molecule has 0 saturated heterocycles. The molecule has 2 aromatic rings. The van der Waals surface area contributed by atoms with Gasteiger partial charge in [-0.05, 0) is 34.1 Å². The summed E-state index contributed by atoms with van der Waals surface area (Å²) in [7, 11) is 0. The Morgan fingerprint density at radius 3 is 2.53 bits per heavy atom. The van der Waals surface area contributed by atoms with E-state index in [1.165, 1.54) is 16.7 Å². The van der Waals surface area contributed by atoms with Gasteiger partial charge in [0.1, 0.15) is 0 Å². The van der Waals surface area contributed by atoms with Gasteiger partial charge in [0.25, 0.3) is 0 Å². The van der Waals surface area contributed by atoms with Gasteiger partial charge in [-0.2, -0.15) is 0 Å². The first-order valence-electron chi connectivity index (χ1n) is 6.91. The van der Waals surface area contributed by atoms with E-state index in [2.05, 4.69) is 56.3 Å². The molecule has 0 unspecified atom stereocenters. The molecule has 0 heterocycles. The maximum Gasteiger partial charge on any atom is 0.0681 e. The predicted octanol–water partition coefficient (Wildman–Crippen LogP) is 3.99. The highest BCUT2D eigenvalue weighted by Gasteiger charge is 2.37. The van der Waals surface area contributed by atoms with E-state index in [1.54, 1.807) is 0 Å². The predicted molar refractivity (Wildman–Crippen MR) is 78.3 cm³/mol. The Balaban J connectivity index is 2.12. The topological polar surface area (TPSA) is 20.2 Å². The van der Waals surface area contributed by atoms with Crippen LogP contribution in [0.4, 0.5) is 0 Å². The zero-order chi connectivity index (χ0) is 13.5. The van der Waals surface area contributed by atoms with Gasteiger partial charge < -0.3 is 5.11 Å². The summed E-state index contributed by atoms with van der Waals surface area (Å²) in [5.74, 6) is 0.456. The fraction of sp³-hybridized carbons (Fsp3) is 0.333. The van der Waals surface area contributed by atoms with Crippen molar-refractivity contribution in [3.8, 4) is 0 Å². The van der Waals surface area contributed by atoms with Crippen LogP contribution in [-0.2, 0) is 12.0 Å². The molecule has 1 atom stereocenters. The lowest BCUT2D eigenvalue weighted by Gasteiger charge is -2.19. The Labute approximate surface area is 114 Å². The largest absolute Gasteiger partial charge is 0.392 e. The van der Waals surface area contributed by atoms with Crippen molar-refractivity contribution in [2.24, 2.45) is 0 Å². The van der Waals surface area contributed by atoms with E-state index in [-0.39, 0.29) is 12.0 Å². The SMILES string of the molecule is CC1(C)C[C@@H](c2ccccc2)c2cc(CO)ccc21. The van der Waals surface area contributed by atoms with Crippen molar-refractivity contribution in [3.63, 3.8) is 0 Å². The molecule has 0 radical (unpaired) electrons. The molecule has 1 heteroatoms. The van der Waals surface area contributed by atoms with Crippen LogP contribution in [0.25, 0.3) is 0 Å². The first-order valence-corrected chi connectivity index (χ1v) is 6.91. The van der Waals surface area contributed by atoms with Crippen molar-refractivity contribution < 1.29 is 5.11 Å². The van der Waals surface area contributed by atoms with Crippen LogP contribution in [0.15, 0.2) is 48.5 Å². The maximum absolute atomic E-state index is 9.36. The first kappa shape index (κ1) is 12.4. The summed E-state index contributed by atoms with van der Waals surface area (Å²) in [6, 6.07) is 17.1. The van der Waals surface area contributed by atoms with Gasteiger partial charge in [0.2, 0.25) is 0 Å². The molecule has 2 aromatic carbocycles. The number of fused-ring (bicyclic) bond motifs is 1. The second kappa shape index (κ2) is 4.50. The van der Waals surface area contributed by atoms with Gasteiger partial charge in [-0.1, -0.05) is 62.4 Å². The van der Waals surface area contributed by atoms with Crippen molar-refractivity contribution in [1.29, 1.82) is 0 Å². The first-order chi connectivity index (χ1) is 9.12. The molecule has 19 heavy (non-hydrogen) atoms. The Kier molecular flexibility index (Phi) is 2.94. The molecule has 0 aromatic heterocycles. The van der Waals surface area contributed by atoms with Gasteiger partial charge in [-0.3, -0.25) is 0 Å². The van der Waals surface area contributed by atoms with Gasteiger partial charge in [0, 0.05) is 5.92 Å². The third-order valence-corrected chi connectivity index (χ3v) is 4.32. The molecule has 1 N–H and O–H groups in total. The highest BCUT2D eigenvalue weighted by molar-refractivity contribution is 5.48. The standard InChI is InChI=1S/C18H20O/c1-18(2)11-16(14-6-4-3-5-7-14)15-10-13(12-19)8-9-17(15)18/h3-10,16,19H,11-12H2,1-2H3/t16-/m0/s1. The molecule has 0 spiro atoms. The van der Waals surface area contributed by atoms with Crippen LogP contribution in [0.3, 0.4) is 0 Å². The summed E-state index contributed by atoms with van der Waals surface area (Å²) >= 11 is 0. The molecule has 0 saturated carbocycles. The molecule has 0 fully saturated rings. The maximum atomic E-state index is 9.36. The van der Waals surface area contributed by atoms with Crippen LogP contribution in [0, 0.1) is 0 Å². The summed E-state index contributed by atoms with van der Waals surface area (Å²) in [4.78, 5) is 0. The van der Waals surface area contributed by atoms with Crippen LogP contribution >= 0.6 is 0 Å². The molecule has 3 rings (SSSR count). The fourth-order valence-corrected chi connectivity index (χ4v) is 3.33. The molecule has 1 aliphatic carbocycles. The van der Waals surface area contributed by atoms with Gasteiger partial charge in [-0.15, -0.1) is 0 Å². The molecule has 1 aliphatic rings. The van der Waals surface area contributed by atoms with E-state index in [9.17, 15) is 5.11 Å². The van der Waals surface area contributed by atoms with Crippen molar-refractivity contribution in [2.45, 2.75) is 38.2 Å². The van der Waals surface area contributed by atoms with Crippen LogP contribution in [0.5, 0.6) is 0 Å². The lowest BCUT2D eigenvalue weighted by molar-refractivity contribution is 0.281. The summed E-state index contributed by atoms with van der Waals surface area (Å²) in [6.07, 6.45) is 1.14. The third-order valence-electron chi connectivity index (χ3n) is 4.32. The highest BCUT2D eigenvalue weighted by atomic mass is 16.3. The Bertz CT molecular complexity index is 584. The number of rotatable bonds is 2. The van der Waals surface area contributed by atoms with Gasteiger partial charge in [-0.25, -0.2) is 0 Å². The average molecular weight is 252 g/mol. The zero-order valence-electron chi connectivity index (χ0n) is 11.6. The minimum absolute atomic E-state index is 0.120. The summed E-state index contributed by atoms with van der Waals surface area (Å²) in [5.41, 5.74) is 5.42. The molecule has 1 nitrogen and oxygen atoms in total. The van der Waals surface area contributed by atoms with E-state index in [4.69, 9.17) is 0 Å². The van der Waals surface area contributed by atoms with E-state index >= 15 is 0 Å². The summed E-state index contributed by atoms with van der Waals surface area (Å²) < 4.78 is 0. The van der Waals surface area contributed by atoms with Crippen molar-refractivity contribution in [2.75, 3.05) is 0 Å². The van der Waals surface area contributed by atoms with Crippen LogP contribution in [-0.4, -0.2) is 5.11 Å². The molecule has 0 aliphatic heterocycles. The monoisotopic (exact) mass is 252 g/mol. The van der Waals surface area contributed by atoms with Gasteiger partial charge in [0.05, 0.1) is 6.61 Å². The normalized spacial score (nSPS) is 20.3. The van der Waals surface area contributed by atoms with E-state index in [1.807, 2.05) is 6.07 Å². The molecular formula is C18H20O. The number of aliphatic hydroxyl groups excluding tert-OH is 1. The van der Waals surface area contributed by atoms with Crippen LogP contribution in [0.1, 0.15) is 48.4 Å². The number of hydrogen-bond acceptors (Lipinski definition) is 1. The highest BCUT2D eigenvalue weighted by Crippen LogP contribution is 2.48. The molecule has 0 amide bonds. The molecular weight excluding hydrogens is 232 g/mol. The van der Waals surface area contributed by atoms with Crippen LogP contribution < -0.4 is 0 Å². The van der Waals surface area contributed by atoms with E-state index in [0.717, 1.165) is 12.0 Å². The van der Waals surface area contributed by atoms with Crippen molar-refractivity contribution in [1.82, 2.24) is 0 Å². The summed E-state index contributed by atoms with van der Waals surface area (Å²) in [5, 5.41) is 9.36. The lowest BCUT2D eigenvalue weighted by atomic mass is 9.85. The zero-order valence-corrected chi connectivity index (χ0v) is 11.6. The van der Waals surface area contributed by atoms with Crippen molar-refractivity contribution >= 4 is 0 Å². The Morgan fingerprint density at radius 2 is 1.84 bits per heavy atom. The Hall–Kier alpha value is -1.60. The third kappa shape index (κ3) is 2.08. The minimum Gasteiger partial charge on any atom is -0.392 e. The molecule has 98 valence electrons. The van der Waals surface area contributed by atoms with Crippen molar-refractivity contribution in [3.05, 3.63) is 70.8 Å². The second-order valence-corrected chi connectivity index (χ2v) is 6.13. The second-order valence-electron chi connectivity index (χ2n) is 6.13. The number of hydrogen-bond donors (Lipinski definition) is 1.